The van der Waals surface area contributed by atoms with Crippen molar-refractivity contribution in [2.45, 2.75) is 25.3 Å². The van der Waals surface area contributed by atoms with E-state index in [1.807, 2.05) is 29.2 Å². The van der Waals surface area contributed by atoms with Crippen LogP contribution in [0.4, 0.5) is 0 Å². The van der Waals surface area contributed by atoms with E-state index >= 15 is 0 Å². The molecular formula is C20H23NO3. The molecule has 2 aromatic carbocycles. The summed E-state index contributed by atoms with van der Waals surface area (Å²) >= 11 is 0. The Morgan fingerprint density at radius 3 is 2.21 bits per heavy atom. The molecule has 1 fully saturated rings. The molecule has 2 aromatic rings. The fourth-order valence-corrected chi connectivity index (χ4v) is 3.49. The minimum Gasteiger partial charge on any atom is -0.496 e. The van der Waals surface area contributed by atoms with E-state index in [0.29, 0.717) is 29.5 Å². The molecule has 0 radical (unpaired) electrons. The summed E-state index contributed by atoms with van der Waals surface area (Å²) in [6.45, 7) is 2.81. The maximum Gasteiger partial charge on any atom is 0.261 e. The molecule has 1 saturated heterocycles. The number of methoxy groups -OCH3 is 2. The van der Waals surface area contributed by atoms with E-state index in [1.54, 1.807) is 26.4 Å². The molecule has 2 unspecified atom stereocenters. The molecule has 4 nitrogen and oxygen atoms in total. The van der Waals surface area contributed by atoms with Gasteiger partial charge in [-0.1, -0.05) is 36.4 Å². The molecular weight excluding hydrogens is 302 g/mol. The lowest BCUT2D eigenvalue weighted by atomic mass is 9.97. The van der Waals surface area contributed by atoms with Gasteiger partial charge in [0.2, 0.25) is 0 Å². The van der Waals surface area contributed by atoms with Gasteiger partial charge in [-0.15, -0.1) is 0 Å². The zero-order valence-corrected chi connectivity index (χ0v) is 14.4. The van der Waals surface area contributed by atoms with Gasteiger partial charge in [0.15, 0.2) is 0 Å². The molecule has 0 aliphatic carbocycles. The molecule has 0 saturated carbocycles. The van der Waals surface area contributed by atoms with Gasteiger partial charge in [0.25, 0.3) is 5.91 Å². The van der Waals surface area contributed by atoms with Crippen LogP contribution in [0, 0.1) is 0 Å². The number of benzene rings is 2. The number of carbonyl (C=O) groups excluding carboxylic acids is 1. The second-order valence-corrected chi connectivity index (χ2v) is 6.19. The van der Waals surface area contributed by atoms with E-state index in [4.69, 9.17) is 9.47 Å². The summed E-state index contributed by atoms with van der Waals surface area (Å²) in [6.07, 6.45) is 0.965. The van der Waals surface area contributed by atoms with Gasteiger partial charge >= 0.3 is 0 Å². The number of amides is 1. The predicted octanol–water partition coefficient (Wildman–Crippen LogP) is 3.72. The fourth-order valence-electron chi connectivity index (χ4n) is 3.49. The highest BCUT2D eigenvalue weighted by atomic mass is 16.5. The van der Waals surface area contributed by atoms with Gasteiger partial charge in [0.1, 0.15) is 17.1 Å². The van der Waals surface area contributed by atoms with Crippen LogP contribution in [0.15, 0.2) is 48.5 Å². The first kappa shape index (κ1) is 16.4. The Kier molecular flexibility index (Phi) is 4.74. The van der Waals surface area contributed by atoms with Crippen molar-refractivity contribution in [1.82, 2.24) is 4.90 Å². The third-order valence-electron chi connectivity index (χ3n) is 4.75. The largest absolute Gasteiger partial charge is 0.496 e. The zero-order valence-electron chi connectivity index (χ0n) is 14.4. The maximum atomic E-state index is 13.2. The van der Waals surface area contributed by atoms with Crippen LogP contribution in [-0.2, 0) is 0 Å². The molecule has 24 heavy (non-hydrogen) atoms. The van der Waals surface area contributed by atoms with Gasteiger partial charge in [-0.05, 0) is 31.0 Å². The highest BCUT2D eigenvalue weighted by Crippen LogP contribution is 2.36. The van der Waals surface area contributed by atoms with Gasteiger partial charge < -0.3 is 14.4 Å². The smallest absolute Gasteiger partial charge is 0.261 e. The summed E-state index contributed by atoms with van der Waals surface area (Å²) in [4.78, 5) is 15.1. The SMILES string of the molecule is COc1cccc(OC)c1C(=O)N1CC(c2ccccc2)CC1C. The summed E-state index contributed by atoms with van der Waals surface area (Å²) in [5.74, 6) is 1.44. The van der Waals surface area contributed by atoms with Crippen molar-refractivity contribution in [2.24, 2.45) is 0 Å². The van der Waals surface area contributed by atoms with Gasteiger partial charge in [0.05, 0.1) is 14.2 Å². The average molecular weight is 325 g/mol. The van der Waals surface area contributed by atoms with E-state index in [9.17, 15) is 4.79 Å². The zero-order chi connectivity index (χ0) is 17.1. The molecule has 0 bridgehead atoms. The molecule has 3 rings (SSSR count). The van der Waals surface area contributed by atoms with Crippen molar-refractivity contribution in [3.8, 4) is 11.5 Å². The Hall–Kier alpha value is -2.49. The van der Waals surface area contributed by atoms with E-state index < -0.39 is 0 Å². The second-order valence-electron chi connectivity index (χ2n) is 6.19. The van der Waals surface area contributed by atoms with Crippen molar-refractivity contribution < 1.29 is 14.3 Å². The predicted molar refractivity (Wildman–Crippen MR) is 93.8 cm³/mol. The van der Waals surface area contributed by atoms with Crippen LogP contribution in [0.2, 0.25) is 0 Å². The van der Waals surface area contributed by atoms with Crippen LogP contribution in [-0.4, -0.2) is 37.6 Å². The molecule has 0 aromatic heterocycles. The number of carbonyl (C=O) groups is 1. The minimum absolute atomic E-state index is 0.0322. The monoisotopic (exact) mass is 325 g/mol. The number of hydrogen-bond acceptors (Lipinski definition) is 3. The third-order valence-corrected chi connectivity index (χ3v) is 4.75. The molecule has 1 heterocycles. The molecule has 1 amide bonds. The first-order valence-electron chi connectivity index (χ1n) is 8.22. The van der Waals surface area contributed by atoms with Crippen molar-refractivity contribution in [3.63, 3.8) is 0 Å². The summed E-state index contributed by atoms with van der Waals surface area (Å²) in [6, 6.07) is 16.0. The van der Waals surface area contributed by atoms with E-state index in [2.05, 4.69) is 19.1 Å². The van der Waals surface area contributed by atoms with Crippen LogP contribution in [0.5, 0.6) is 11.5 Å². The van der Waals surface area contributed by atoms with Gasteiger partial charge in [-0.2, -0.15) is 0 Å². The van der Waals surface area contributed by atoms with E-state index in [-0.39, 0.29) is 11.9 Å². The fraction of sp³-hybridized carbons (Fsp3) is 0.350. The minimum atomic E-state index is -0.0322. The number of likely N-dealkylation sites (tertiary alicyclic amines) is 1. The van der Waals surface area contributed by atoms with Crippen LogP contribution in [0.25, 0.3) is 0 Å². The molecule has 1 aliphatic heterocycles. The Bertz CT molecular complexity index is 692. The number of rotatable bonds is 4. The molecule has 126 valence electrons. The third kappa shape index (κ3) is 2.96. The van der Waals surface area contributed by atoms with Gasteiger partial charge in [-0.25, -0.2) is 0 Å². The summed E-state index contributed by atoms with van der Waals surface area (Å²) in [7, 11) is 3.15. The Morgan fingerprint density at radius 2 is 1.62 bits per heavy atom. The molecule has 1 aliphatic rings. The second kappa shape index (κ2) is 6.95. The lowest BCUT2D eigenvalue weighted by molar-refractivity contribution is 0.0739. The normalized spacial score (nSPS) is 20.0. The van der Waals surface area contributed by atoms with Crippen molar-refractivity contribution in [3.05, 3.63) is 59.7 Å². The first-order chi connectivity index (χ1) is 11.7. The molecule has 2 atom stereocenters. The first-order valence-corrected chi connectivity index (χ1v) is 8.22. The number of ether oxygens (including phenoxy) is 2. The summed E-state index contributed by atoms with van der Waals surface area (Å²) < 4.78 is 10.8. The van der Waals surface area contributed by atoms with E-state index in [0.717, 1.165) is 6.42 Å². The van der Waals surface area contributed by atoms with Crippen molar-refractivity contribution in [2.75, 3.05) is 20.8 Å². The van der Waals surface area contributed by atoms with Crippen LogP contribution < -0.4 is 9.47 Å². The maximum absolute atomic E-state index is 13.2. The topological polar surface area (TPSA) is 38.8 Å². The molecule has 0 N–H and O–H groups in total. The van der Waals surface area contributed by atoms with Crippen LogP contribution in [0.3, 0.4) is 0 Å². The highest BCUT2D eigenvalue weighted by molar-refractivity contribution is 6.00. The highest BCUT2D eigenvalue weighted by Gasteiger charge is 2.35. The standard InChI is InChI=1S/C20H23NO3/c1-14-12-16(15-8-5-4-6-9-15)13-21(14)20(22)19-17(23-2)10-7-11-18(19)24-3/h4-11,14,16H,12-13H2,1-3H3. The number of hydrogen-bond donors (Lipinski definition) is 0. The summed E-state index contributed by atoms with van der Waals surface area (Å²) in [5, 5.41) is 0. The van der Waals surface area contributed by atoms with Crippen molar-refractivity contribution >= 4 is 5.91 Å². The lowest BCUT2D eigenvalue weighted by Crippen LogP contribution is -2.34. The van der Waals surface area contributed by atoms with E-state index in [1.165, 1.54) is 5.56 Å². The molecule has 0 spiro atoms. The Balaban J connectivity index is 1.89. The Labute approximate surface area is 143 Å². The van der Waals surface area contributed by atoms with Crippen LogP contribution >= 0.6 is 0 Å². The van der Waals surface area contributed by atoms with Crippen LogP contribution in [0.1, 0.15) is 35.2 Å². The Morgan fingerprint density at radius 1 is 1.00 bits per heavy atom. The number of nitrogens with zero attached hydrogens (tertiary/aromatic N) is 1. The van der Waals surface area contributed by atoms with Gasteiger partial charge in [0, 0.05) is 18.5 Å². The molecule has 4 heteroatoms. The average Bonchev–Trinajstić information content (AvgIpc) is 3.02. The van der Waals surface area contributed by atoms with Crippen molar-refractivity contribution in [1.29, 1.82) is 0 Å². The lowest BCUT2D eigenvalue weighted by Gasteiger charge is -2.23. The van der Waals surface area contributed by atoms with Gasteiger partial charge in [-0.3, -0.25) is 4.79 Å². The quantitative estimate of drug-likeness (QED) is 0.860. The summed E-state index contributed by atoms with van der Waals surface area (Å²) in [5.41, 5.74) is 1.79.